The first-order valence-corrected chi connectivity index (χ1v) is 13.7. The number of aryl methyl sites for hydroxylation is 1. The molecule has 2 aromatic rings. The topological polar surface area (TPSA) is 73.0 Å². The Kier molecular flexibility index (Phi) is 7.19. The second kappa shape index (κ2) is 9.91. The molecule has 2 aliphatic rings. The first kappa shape index (κ1) is 23.2. The number of carbonyl (C=O) groups is 1. The highest BCUT2D eigenvalue weighted by Gasteiger charge is 2.31. The molecule has 2 saturated heterocycles. The smallest absolute Gasteiger partial charge is 0.267 e. The molecule has 2 aliphatic heterocycles. The van der Waals surface area contributed by atoms with Gasteiger partial charge >= 0.3 is 0 Å². The van der Waals surface area contributed by atoms with Crippen molar-refractivity contribution in [2.75, 3.05) is 56.0 Å². The lowest BCUT2D eigenvalue weighted by atomic mass is 10.1. The van der Waals surface area contributed by atoms with E-state index in [1.54, 1.807) is 11.4 Å². The number of carbonyl (C=O) groups excluding carboxylic acids is 1. The van der Waals surface area contributed by atoms with Gasteiger partial charge in [-0.3, -0.25) is 4.79 Å². The normalized spacial score (nSPS) is 18.6. The van der Waals surface area contributed by atoms with Gasteiger partial charge in [0.1, 0.15) is 9.77 Å². The zero-order valence-electron chi connectivity index (χ0n) is 18.8. The van der Waals surface area contributed by atoms with E-state index in [4.69, 9.17) is 0 Å². The first-order chi connectivity index (χ1) is 15.4. The van der Waals surface area contributed by atoms with E-state index < -0.39 is 10.0 Å². The fourth-order valence-corrected chi connectivity index (χ4v) is 7.21. The number of piperidine rings is 1. The maximum atomic E-state index is 13.1. The van der Waals surface area contributed by atoms with Crippen molar-refractivity contribution in [3.05, 3.63) is 40.1 Å². The Morgan fingerprint density at radius 3 is 2.41 bits per heavy atom. The highest BCUT2D eigenvalue weighted by Crippen LogP contribution is 2.29. The summed E-state index contributed by atoms with van der Waals surface area (Å²) in [7, 11) is -3.65. The summed E-state index contributed by atoms with van der Waals surface area (Å²) in [4.78, 5) is 18.2. The van der Waals surface area contributed by atoms with Gasteiger partial charge < -0.3 is 15.1 Å². The molecule has 1 amide bonds. The van der Waals surface area contributed by atoms with Gasteiger partial charge in [0.05, 0.1) is 0 Å². The van der Waals surface area contributed by atoms with Crippen LogP contribution in [-0.2, 0) is 10.0 Å². The van der Waals surface area contributed by atoms with Gasteiger partial charge in [-0.1, -0.05) is 13.3 Å². The Labute approximate surface area is 195 Å². The summed E-state index contributed by atoms with van der Waals surface area (Å²) in [6, 6.07) is 7.59. The van der Waals surface area contributed by atoms with E-state index in [1.165, 1.54) is 15.6 Å². The molecule has 3 heterocycles. The van der Waals surface area contributed by atoms with Gasteiger partial charge in [0, 0.05) is 50.6 Å². The van der Waals surface area contributed by atoms with Crippen molar-refractivity contribution in [3.63, 3.8) is 0 Å². The van der Waals surface area contributed by atoms with Crippen LogP contribution in [0.2, 0.25) is 0 Å². The third-order valence-electron chi connectivity index (χ3n) is 6.41. The Balaban J connectivity index is 1.48. The van der Waals surface area contributed by atoms with Crippen LogP contribution >= 0.6 is 11.3 Å². The molecule has 32 heavy (non-hydrogen) atoms. The van der Waals surface area contributed by atoms with Crippen molar-refractivity contribution >= 4 is 38.6 Å². The zero-order chi connectivity index (χ0) is 22.7. The van der Waals surface area contributed by atoms with E-state index in [-0.39, 0.29) is 15.7 Å². The third-order valence-corrected chi connectivity index (χ3v) is 9.39. The molecule has 174 valence electrons. The van der Waals surface area contributed by atoms with E-state index in [2.05, 4.69) is 28.1 Å². The van der Waals surface area contributed by atoms with Crippen molar-refractivity contribution in [1.29, 1.82) is 0 Å². The fraction of sp³-hybridized carbons (Fsp3) is 0.522. The lowest BCUT2D eigenvalue weighted by Gasteiger charge is -2.35. The Hall–Kier alpha value is -1.94. The van der Waals surface area contributed by atoms with E-state index in [0.717, 1.165) is 63.2 Å². The summed E-state index contributed by atoms with van der Waals surface area (Å²) in [5, 5.41) is 4.61. The van der Waals surface area contributed by atoms with Crippen LogP contribution in [0.3, 0.4) is 0 Å². The van der Waals surface area contributed by atoms with Crippen molar-refractivity contribution in [3.8, 4) is 0 Å². The fourth-order valence-electron chi connectivity index (χ4n) is 4.40. The third kappa shape index (κ3) is 4.85. The number of rotatable bonds is 6. The van der Waals surface area contributed by atoms with Gasteiger partial charge in [-0.25, -0.2) is 8.42 Å². The average Bonchev–Trinajstić information content (AvgIpc) is 3.32. The molecule has 9 heteroatoms. The van der Waals surface area contributed by atoms with Crippen molar-refractivity contribution < 1.29 is 13.2 Å². The van der Waals surface area contributed by atoms with Crippen LogP contribution in [0, 0.1) is 6.92 Å². The second-order valence-electron chi connectivity index (χ2n) is 8.45. The summed E-state index contributed by atoms with van der Waals surface area (Å²) < 4.78 is 27.7. The van der Waals surface area contributed by atoms with Gasteiger partial charge in [0.25, 0.3) is 5.91 Å². The summed E-state index contributed by atoms with van der Waals surface area (Å²) >= 11 is 1.17. The molecule has 0 bridgehead atoms. The quantitative estimate of drug-likeness (QED) is 0.689. The number of sulfonamides is 1. The maximum absolute atomic E-state index is 13.1. The second-order valence-corrected chi connectivity index (χ2v) is 11.3. The number of hydrogen-bond acceptors (Lipinski definition) is 6. The number of hydrogen-bond donors (Lipinski definition) is 1. The number of nitrogens with zero attached hydrogens (tertiary/aromatic N) is 3. The summed E-state index contributed by atoms with van der Waals surface area (Å²) in [6.45, 7) is 10.4. The molecule has 0 unspecified atom stereocenters. The SMILES string of the molecule is CCN1CCN(c2ccc(NC(=O)c3sccc3S(=O)(=O)N3CCCCC3)c(C)c2)CC1. The summed E-state index contributed by atoms with van der Waals surface area (Å²) in [5.41, 5.74) is 2.83. The van der Waals surface area contributed by atoms with E-state index >= 15 is 0 Å². The molecule has 0 aliphatic carbocycles. The molecule has 4 rings (SSSR count). The first-order valence-electron chi connectivity index (χ1n) is 11.4. The molecule has 2 fully saturated rings. The number of thiophene rings is 1. The Bertz CT molecular complexity index is 1050. The predicted octanol–water partition coefficient (Wildman–Crippen LogP) is 3.63. The molecule has 1 aromatic carbocycles. The molecule has 0 saturated carbocycles. The summed E-state index contributed by atoms with van der Waals surface area (Å²) in [6.07, 6.45) is 2.78. The number of amides is 1. The number of piperazine rings is 1. The number of likely N-dealkylation sites (N-methyl/N-ethyl adjacent to an activating group) is 1. The lowest BCUT2D eigenvalue weighted by Crippen LogP contribution is -2.46. The number of benzene rings is 1. The highest BCUT2D eigenvalue weighted by atomic mass is 32.2. The molecule has 7 nitrogen and oxygen atoms in total. The van der Waals surface area contributed by atoms with Crippen LogP contribution in [-0.4, -0.2) is 69.3 Å². The van der Waals surface area contributed by atoms with Crippen molar-refractivity contribution in [2.24, 2.45) is 0 Å². The van der Waals surface area contributed by atoms with Crippen LogP contribution in [0.1, 0.15) is 41.4 Å². The minimum atomic E-state index is -3.65. The molecular formula is C23H32N4O3S2. The predicted molar refractivity (Wildman–Crippen MR) is 130 cm³/mol. The molecule has 0 spiro atoms. The van der Waals surface area contributed by atoms with Crippen LogP contribution in [0.15, 0.2) is 34.5 Å². The van der Waals surface area contributed by atoms with E-state index in [1.807, 2.05) is 19.1 Å². The number of anilines is 2. The average molecular weight is 477 g/mol. The Morgan fingerprint density at radius 1 is 1.03 bits per heavy atom. The lowest BCUT2D eigenvalue weighted by molar-refractivity contribution is 0.102. The van der Waals surface area contributed by atoms with Crippen LogP contribution in [0.4, 0.5) is 11.4 Å². The van der Waals surface area contributed by atoms with Gasteiger partial charge in [0.15, 0.2) is 0 Å². The van der Waals surface area contributed by atoms with Crippen LogP contribution in [0.25, 0.3) is 0 Å². The molecule has 1 N–H and O–H groups in total. The molecular weight excluding hydrogens is 444 g/mol. The Morgan fingerprint density at radius 2 is 1.75 bits per heavy atom. The van der Waals surface area contributed by atoms with Gasteiger partial charge in [-0.15, -0.1) is 11.3 Å². The van der Waals surface area contributed by atoms with Crippen molar-refractivity contribution in [2.45, 2.75) is 38.0 Å². The monoisotopic (exact) mass is 476 g/mol. The minimum Gasteiger partial charge on any atom is -0.369 e. The van der Waals surface area contributed by atoms with Gasteiger partial charge in [0.2, 0.25) is 10.0 Å². The van der Waals surface area contributed by atoms with Crippen molar-refractivity contribution in [1.82, 2.24) is 9.21 Å². The summed E-state index contributed by atoms with van der Waals surface area (Å²) in [5.74, 6) is -0.372. The van der Waals surface area contributed by atoms with Gasteiger partial charge in [-0.2, -0.15) is 4.31 Å². The van der Waals surface area contributed by atoms with E-state index in [9.17, 15) is 13.2 Å². The zero-order valence-corrected chi connectivity index (χ0v) is 20.5. The largest absolute Gasteiger partial charge is 0.369 e. The highest BCUT2D eigenvalue weighted by molar-refractivity contribution is 7.89. The van der Waals surface area contributed by atoms with Gasteiger partial charge in [-0.05, 0) is 61.5 Å². The molecule has 0 atom stereocenters. The van der Waals surface area contributed by atoms with Crippen LogP contribution < -0.4 is 10.2 Å². The standard InChI is InChI=1S/C23H32N4O3S2/c1-3-25-12-14-26(15-13-25)19-7-8-20(18(2)17-19)24-23(28)22-21(9-16-31-22)32(29,30)27-10-5-4-6-11-27/h7-9,16-17H,3-6,10-15H2,1-2H3,(H,24,28). The van der Waals surface area contributed by atoms with E-state index in [0.29, 0.717) is 18.8 Å². The molecule has 1 aromatic heterocycles. The van der Waals surface area contributed by atoms with Crippen LogP contribution in [0.5, 0.6) is 0 Å². The minimum absolute atomic E-state index is 0.116. The number of nitrogens with one attached hydrogen (secondary N) is 1. The molecule has 0 radical (unpaired) electrons. The maximum Gasteiger partial charge on any atom is 0.267 e.